The molecule has 0 N–H and O–H groups in total. The minimum Gasteiger partial charge on any atom is -0.300 e. The van der Waals surface area contributed by atoms with Gasteiger partial charge in [0.05, 0.1) is 11.8 Å². The lowest BCUT2D eigenvalue weighted by Gasteiger charge is -2.25. The second kappa shape index (κ2) is 5.45. The Morgan fingerprint density at radius 2 is 1.89 bits per heavy atom. The molecule has 0 aliphatic carbocycles. The number of hydrogen-bond donors (Lipinski definition) is 0. The largest absolute Gasteiger partial charge is 0.300 e. The summed E-state index contributed by atoms with van der Waals surface area (Å²) < 4.78 is 0. The van der Waals surface area contributed by atoms with Crippen LogP contribution in [0.4, 0.5) is 0 Å². The average Bonchev–Trinajstić information content (AvgIpc) is 2.46. The van der Waals surface area contributed by atoms with Crippen LogP contribution in [0, 0.1) is 11.3 Å². The van der Waals surface area contributed by atoms with Crippen molar-refractivity contribution in [2.24, 2.45) is 0 Å². The Hall–Kier alpha value is -2.47. The van der Waals surface area contributed by atoms with Crippen molar-refractivity contribution in [3.63, 3.8) is 0 Å². The highest BCUT2D eigenvalue weighted by molar-refractivity contribution is 5.79. The van der Waals surface area contributed by atoms with E-state index in [1.165, 1.54) is 6.92 Å². The molecule has 1 aromatic carbocycles. The third-order valence-corrected chi connectivity index (χ3v) is 3.07. The molecule has 2 aromatic rings. The SMILES string of the molecule is CC(=O)C[C@@](C#N)(c1ccccc1)c1ccccn1. The predicted molar refractivity (Wildman–Crippen MR) is 72.4 cm³/mol. The average molecular weight is 250 g/mol. The van der Waals surface area contributed by atoms with Crippen molar-refractivity contribution in [3.8, 4) is 6.07 Å². The van der Waals surface area contributed by atoms with E-state index in [0.717, 1.165) is 5.56 Å². The molecule has 0 bridgehead atoms. The Morgan fingerprint density at radius 3 is 2.42 bits per heavy atom. The van der Waals surface area contributed by atoms with Gasteiger partial charge in [0.2, 0.25) is 0 Å². The summed E-state index contributed by atoms with van der Waals surface area (Å²) in [5.74, 6) is -0.0314. The number of rotatable bonds is 4. The van der Waals surface area contributed by atoms with Crippen LogP contribution >= 0.6 is 0 Å². The molecule has 0 fully saturated rings. The van der Waals surface area contributed by atoms with Crippen molar-refractivity contribution >= 4 is 5.78 Å². The molecule has 94 valence electrons. The molecule has 3 heteroatoms. The quantitative estimate of drug-likeness (QED) is 0.838. The highest BCUT2D eigenvalue weighted by atomic mass is 16.1. The van der Waals surface area contributed by atoms with E-state index in [9.17, 15) is 10.1 Å². The number of carbonyl (C=O) groups is 1. The third-order valence-electron chi connectivity index (χ3n) is 3.07. The zero-order valence-electron chi connectivity index (χ0n) is 10.7. The molecule has 0 amide bonds. The Labute approximate surface area is 112 Å². The summed E-state index contributed by atoms with van der Waals surface area (Å²) in [6.07, 6.45) is 1.77. The van der Waals surface area contributed by atoms with Gasteiger partial charge in [0.15, 0.2) is 0 Å². The molecule has 0 aliphatic heterocycles. The summed E-state index contributed by atoms with van der Waals surface area (Å²) in [6, 6.07) is 17.1. The highest BCUT2D eigenvalue weighted by Crippen LogP contribution is 2.34. The molecular formula is C16H14N2O. The molecule has 0 unspecified atom stereocenters. The van der Waals surface area contributed by atoms with Crippen molar-refractivity contribution in [3.05, 3.63) is 66.0 Å². The van der Waals surface area contributed by atoms with Crippen LogP contribution in [0.2, 0.25) is 0 Å². The maximum atomic E-state index is 11.6. The second-order valence-electron chi connectivity index (χ2n) is 4.48. The van der Waals surface area contributed by atoms with Crippen LogP contribution in [0.5, 0.6) is 0 Å². The van der Waals surface area contributed by atoms with Crippen LogP contribution in [0.1, 0.15) is 24.6 Å². The van der Waals surface area contributed by atoms with Gasteiger partial charge in [-0.15, -0.1) is 0 Å². The monoisotopic (exact) mass is 250 g/mol. The topological polar surface area (TPSA) is 53.8 Å². The molecular weight excluding hydrogens is 236 g/mol. The zero-order chi connectivity index (χ0) is 13.7. The number of nitrogens with zero attached hydrogens (tertiary/aromatic N) is 2. The summed E-state index contributed by atoms with van der Waals surface area (Å²) in [7, 11) is 0. The number of benzene rings is 1. The van der Waals surface area contributed by atoms with Crippen LogP contribution in [0.25, 0.3) is 0 Å². The van der Waals surface area contributed by atoms with Gasteiger partial charge < -0.3 is 0 Å². The fourth-order valence-corrected chi connectivity index (χ4v) is 2.21. The molecule has 19 heavy (non-hydrogen) atoms. The summed E-state index contributed by atoms with van der Waals surface area (Å²) in [4.78, 5) is 15.9. The molecule has 1 aromatic heterocycles. The Morgan fingerprint density at radius 1 is 1.21 bits per heavy atom. The fourth-order valence-electron chi connectivity index (χ4n) is 2.21. The maximum absolute atomic E-state index is 11.6. The van der Waals surface area contributed by atoms with Crippen molar-refractivity contribution in [2.45, 2.75) is 18.8 Å². The predicted octanol–water partition coefficient (Wildman–Crippen LogP) is 2.87. The summed E-state index contributed by atoms with van der Waals surface area (Å²) in [5, 5.41) is 9.69. The van der Waals surface area contributed by atoms with Gasteiger partial charge in [0.25, 0.3) is 0 Å². The molecule has 0 spiro atoms. The van der Waals surface area contributed by atoms with Crippen molar-refractivity contribution in [1.29, 1.82) is 5.26 Å². The van der Waals surface area contributed by atoms with Crippen LogP contribution in [-0.4, -0.2) is 10.8 Å². The van der Waals surface area contributed by atoms with Gasteiger partial charge in [-0.2, -0.15) is 5.26 Å². The lowest BCUT2D eigenvalue weighted by Crippen LogP contribution is -2.29. The molecule has 0 aliphatic rings. The van der Waals surface area contributed by atoms with E-state index in [1.807, 2.05) is 36.4 Å². The Balaban J connectivity index is 2.63. The first-order valence-electron chi connectivity index (χ1n) is 6.07. The second-order valence-corrected chi connectivity index (χ2v) is 4.48. The van der Waals surface area contributed by atoms with E-state index >= 15 is 0 Å². The van der Waals surface area contributed by atoms with Crippen LogP contribution in [0.15, 0.2) is 54.7 Å². The normalized spacial score (nSPS) is 13.3. The number of aromatic nitrogens is 1. The number of pyridine rings is 1. The standard InChI is InChI=1S/C16H14N2O/c1-13(19)11-16(12-17,14-7-3-2-4-8-14)15-9-5-6-10-18-15/h2-10H,11H2,1H3/t16-/m1/s1. The lowest BCUT2D eigenvalue weighted by molar-refractivity contribution is -0.117. The molecule has 0 radical (unpaired) electrons. The summed E-state index contributed by atoms with van der Waals surface area (Å²) >= 11 is 0. The maximum Gasteiger partial charge on any atom is 0.132 e. The van der Waals surface area contributed by atoms with Gasteiger partial charge in [-0.25, -0.2) is 0 Å². The van der Waals surface area contributed by atoms with E-state index in [-0.39, 0.29) is 12.2 Å². The molecule has 0 saturated heterocycles. The molecule has 3 nitrogen and oxygen atoms in total. The van der Waals surface area contributed by atoms with E-state index in [1.54, 1.807) is 18.3 Å². The van der Waals surface area contributed by atoms with Crippen molar-refractivity contribution in [2.75, 3.05) is 0 Å². The van der Waals surface area contributed by atoms with Crippen LogP contribution in [0.3, 0.4) is 0 Å². The van der Waals surface area contributed by atoms with E-state index in [2.05, 4.69) is 11.1 Å². The number of carbonyl (C=O) groups excluding carboxylic acids is 1. The highest BCUT2D eigenvalue weighted by Gasteiger charge is 2.37. The van der Waals surface area contributed by atoms with Gasteiger partial charge in [-0.05, 0) is 24.6 Å². The van der Waals surface area contributed by atoms with Gasteiger partial charge >= 0.3 is 0 Å². The van der Waals surface area contributed by atoms with E-state index in [4.69, 9.17) is 0 Å². The van der Waals surface area contributed by atoms with Gasteiger partial charge in [-0.3, -0.25) is 9.78 Å². The van der Waals surface area contributed by atoms with Gasteiger partial charge in [-0.1, -0.05) is 36.4 Å². The molecule has 2 rings (SSSR count). The summed E-state index contributed by atoms with van der Waals surface area (Å²) in [5.41, 5.74) is 0.402. The number of Topliss-reactive ketones (excluding diaryl/α,β-unsaturated/α-hetero) is 1. The number of hydrogen-bond acceptors (Lipinski definition) is 3. The van der Waals surface area contributed by atoms with Crippen LogP contribution < -0.4 is 0 Å². The lowest BCUT2D eigenvalue weighted by atomic mass is 9.75. The minimum absolute atomic E-state index is 0.0314. The first-order chi connectivity index (χ1) is 9.19. The minimum atomic E-state index is -1.01. The number of ketones is 1. The molecule has 0 saturated carbocycles. The first-order valence-corrected chi connectivity index (χ1v) is 6.07. The molecule has 1 heterocycles. The van der Waals surface area contributed by atoms with Crippen molar-refractivity contribution in [1.82, 2.24) is 4.98 Å². The smallest absolute Gasteiger partial charge is 0.132 e. The van der Waals surface area contributed by atoms with Crippen molar-refractivity contribution < 1.29 is 4.79 Å². The van der Waals surface area contributed by atoms with Crippen LogP contribution in [-0.2, 0) is 10.2 Å². The summed E-state index contributed by atoms with van der Waals surface area (Å²) in [6.45, 7) is 1.50. The van der Waals surface area contributed by atoms with Gasteiger partial charge in [0.1, 0.15) is 11.2 Å². The Bertz CT molecular complexity index is 560. The number of nitriles is 1. The fraction of sp³-hybridized carbons (Fsp3) is 0.188. The van der Waals surface area contributed by atoms with E-state index in [0.29, 0.717) is 5.69 Å². The van der Waals surface area contributed by atoms with Gasteiger partial charge in [0, 0.05) is 12.6 Å². The Kier molecular flexibility index (Phi) is 3.72. The molecule has 1 atom stereocenters. The first kappa shape index (κ1) is 13.0. The van der Waals surface area contributed by atoms with E-state index < -0.39 is 5.41 Å². The third kappa shape index (κ3) is 2.53. The zero-order valence-corrected chi connectivity index (χ0v) is 10.7.